The normalized spacial score (nSPS) is 11.2. The van der Waals surface area contributed by atoms with Crippen LogP contribution in [0.5, 0.6) is 0 Å². The van der Waals surface area contributed by atoms with Crippen LogP contribution in [0.25, 0.3) is 0 Å². The first-order valence-corrected chi connectivity index (χ1v) is 6.85. The van der Waals surface area contributed by atoms with Crippen molar-refractivity contribution < 1.29 is 18.7 Å². The van der Waals surface area contributed by atoms with E-state index in [9.17, 15) is 13.6 Å². The third-order valence-electron chi connectivity index (χ3n) is 3.04. The number of carboxylic acid groups (broad SMARTS) is 1. The van der Waals surface area contributed by atoms with Crippen LogP contribution in [0, 0.1) is 17.6 Å². The quantitative estimate of drug-likeness (QED) is 0.841. The van der Waals surface area contributed by atoms with E-state index in [2.05, 4.69) is 0 Å². The molecule has 0 fully saturated rings. The molecular weight excluding hydrogens is 278 g/mol. The van der Waals surface area contributed by atoms with Crippen LogP contribution < -0.4 is 4.90 Å². The first-order chi connectivity index (χ1) is 9.73. The molecule has 1 aromatic rings. The van der Waals surface area contributed by atoms with Crippen LogP contribution in [0.1, 0.15) is 24.2 Å². The number of likely N-dealkylation sites (N-methyl/N-ethyl adjacent to an activating group) is 1. The molecule has 0 aromatic heterocycles. The summed E-state index contributed by atoms with van der Waals surface area (Å²) >= 11 is 0. The van der Waals surface area contributed by atoms with E-state index >= 15 is 0 Å². The molecule has 1 N–H and O–H groups in total. The van der Waals surface area contributed by atoms with Crippen molar-refractivity contribution in [1.82, 2.24) is 4.90 Å². The second-order valence-electron chi connectivity index (χ2n) is 5.71. The summed E-state index contributed by atoms with van der Waals surface area (Å²) in [6, 6.07) is 2.44. The summed E-state index contributed by atoms with van der Waals surface area (Å²) < 4.78 is 28.0. The van der Waals surface area contributed by atoms with Crippen LogP contribution >= 0.6 is 0 Å². The van der Waals surface area contributed by atoms with E-state index in [1.54, 1.807) is 4.90 Å². The van der Waals surface area contributed by atoms with Crippen LogP contribution in [-0.2, 0) is 0 Å². The Hall–Kier alpha value is -1.69. The highest BCUT2D eigenvalue weighted by Crippen LogP contribution is 2.25. The number of aromatic carboxylic acids is 1. The second-order valence-corrected chi connectivity index (χ2v) is 5.71. The van der Waals surface area contributed by atoms with Gasteiger partial charge in [0.1, 0.15) is 0 Å². The standard InChI is InChI=1S/C15H22F2N2O2/c1-10(2)9-19(8-7-18(3)4)12-6-5-11(15(20)21)13(16)14(12)17/h5-6,10H,7-9H2,1-4H3,(H,20,21). The third kappa shape index (κ3) is 4.67. The Morgan fingerprint density at radius 2 is 1.81 bits per heavy atom. The Labute approximate surface area is 124 Å². The maximum Gasteiger partial charge on any atom is 0.338 e. The summed E-state index contributed by atoms with van der Waals surface area (Å²) in [4.78, 5) is 14.5. The molecule has 0 aliphatic heterocycles. The van der Waals surface area contributed by atoms with Crippen molar-refractivity contribution in [1.29, 1.82) is 0 Å². The molecule has 0 saturated carbocycles. The fraction of sp³-hybridized carbons (Fsp3) is 0.533. The molecule has 0 atom stereocenters. The van der Waals surface area contributed by atoms with Gasteiger partial charge in [-0.3, -0.25) is 0 Å². The Balaban J connectivity index is 3.12. The van der Waals surface area contributed by atoms with Gasteiger partial charge in [-0.1, -0.05) is 13.8 Å². The Morgan fingerprint density at radius 1 is 1.19 bits per heavy atom. The van der Waals surface area contributed by atoms with E-state index in [1.165, 1.54) is 6.07 Å². The van der Waals surface area contributed by atoms with E-state index in [0.717, 1.165) is 6.07 Å². The first kappa shape index (κ1) is 17.4. The van der Waals surface area contributed by atoms with Gasteiger partial charge < -0.3 is 14.9 Å². The first-order valence-electron chi connectivity index (χ1n) is 6.85. The Kier molecular flexibility index (Phi) is 6.08. The van der Waals surface area contributed by atoms with E-state index in [4.69, 9.17) is 5.11 Å². The molecule has 0 unspecified atom stereocenters. The molecule has 0 radical (unpaired) electrons. The lowest BCUT2D eigenvalue weighted by atomic mass is 10.1. The maximum atomic E-state index is 14.2. The van der Waals surface area contributed by atoms with Crippen molar-refractivity contribution in [2.45, 2.75) is 13.8 Å². The maximum absolute atomic E-state index is 14.2. The number of nitrogens with zero attached hydrogens (tertiary/aromatic N) is 2. The molecule has 6 heteroatoms. The highest BCUT2D eigenvalue weighted by Gasteiger charge is 2.21. The van der Waals surface area contributed by atoms with Crippen LogP contribution in [-0.4, -0.2) is 49.7 Å². The molecule has 0 spiro atoms. The number of carboxylic acids is 1. The molecule has 0 saturated heterocycles. The average Bonchev–Trinajstić information content (AvgIpc) is 2.37. The molecule has 0 aliphatic carbocycles. The van der Waals surface area contributed by atoms with Gasteiger partial charge >= 0.3 is 5.97 Å². The Morgan fingerprint density at radius 3 is 2.29 bits per heavy atom. The van der Waals surface area contributed by atoms with Crippen LogP contribution in [0.4, 0.5) is 14.5 Å². The van der Waals surface area contributed by atoms with Crippen molar-refractivity contribution in [2.75, 3.05) is 38.6 Å². The number of carbonyl (C=O) groups is 1. The van der Waals surface area contributed by atoms with Gasteiger partial charge in [0.2, 0.25) is 0 Å². The van der Waals surface area contributed by atoms with Crippen molar-refractivity contribution in [3.05, 3.63) is 29.3 Å². The number of hydrogen-bond donors (Lipinski definition) is 1. The number of benzene rings is 1. The summed E-state index contributed by atoms with van der Waals surface area (Å²) in [6.07, 6.45) is 0. The minimum Gasteiger partial charge on any atom is -0.478 e. The van der Waals surface area contributed by atoms with Crippen molar-refractivity contribution in [3.8, 4) is 0 Å². The zero-order valence-corrected chi connectivity index (χ0v) is 12.9. The van der Waals surface area contributed by atoms with Gasteiger partial charge in [0.05, 0.1) is 11.3 Å². The fourth-order valence-corrected chi connectivity index (χ4v) is 2.02. The van der Waals surface area contributed by atoms with Gasteiger partial charge in [0, 0.05) is 19.6 Å². The monoisotopic (exact) mass is 300 g/mol. The fourth-order valence-electron chi connectivity index (χ4n) is 2.02. The minimum atomic E-state index is -1.47. The Bertz CT molecular complexity index is 505. The summed E-state index contributed by atoms with van der Waals surface area (Å²) in [6.45, 7) is 5.77. The van der Waals surface area contributed by atoms with Gasteiger partial charge in [-0.25, -0.2) is 13.6 Å². The number of hydrogen-bond acceptors (Lipinski definition) is 3. The van der Waals surface area contributed by atoms with Crippen LogP contribution in [0.2, 0.25) is 0 Å². The van der Waals surface area contributed by atoms with Crippen molar-refractivity contribution in [2.24, 2.45) is 5.92 Å². The smallest absolute Gasteiger partial charge is 0.338 e. The van der Waals surface area contributed by atoms with E-state index in [1.807, 2.05) is 32.8 Å². The zero-order valence-electron chi connectivity index (χ0n) is 12.9. The van der Waals surface area contributed by atoms with Gasteiger partial charge in [-0.05, 0) is 32.1 Å². The summed E-state index contributed by atoms with van der Waals surface area (Å²) in [7, 11) is 3.80. The predicted molar refractivity (Wildman–Crippen MR) is 78.9 cm³/mol. The van der Waals surface area contributed by atoms with Crippen molar-refractivity contribution >= 4 is 11.7 Å². The van der Waals surface area contributed by atoms with Gasteiger partial charge in [0.15, 0.2) is 11.6 Å². The molecule has 0 heterocycles. The summed E-state index contributed by atoms with van der Waals surface area (Å²) in [5.74, 6) is -3.61. The summed E-state index contributed by atoms with van der Waals surface area (Å²) in [5, 5.41) is 8.81. The molecule has 0 bridgehead atoms. The molecule has 4 nitrogen and oxygen atoms in total. The lowest BCUT2D eigenvalue weighted by Crippen LogP contribution is -2.35. The summed E-state index contributed by atoms with van der Waals surface area (Å²) in [5.41, 5.74) is -0.540. The average molecular weight is 300 g/mol. The van der Waals surface area contributed by atoms with Gasteiger partial charge in [-0.2, -0.15) is 0 Å². The molecular formula is C15H22F2N2O2. The van der Waals surface area contributed by atoms with Gasteiger partial charge in [-0.15, -0.1) is 0 Å². The van der Waals surface area contributed by atoms with E-state index in [0.29, 0.717) is 19.6 Å². The number of anilines is 1. The van der Waals surface area contributed by atoms with Crippen molar-refractivity contribution in [3.63, 3.8) is 0 Å². The highest BCUT2D eigenvalue weighted by molar-refractivity contribution is 5.88. The molecule has 1 aromatic carbocycles. The van der Waals surface area contributed by atoms with Crippen LogP contribution in [0.15, 0.2) is 12.1 Å². The molecule has 0 amide bonds. The third-order valence-corrected chi connectivity index (χ3v) is 3.04. The lowest BCUT2D eigenvalue weighted by molar-refractivity contribution is 0.0690. The zero-order chi connectivity index (χ0) is 16.2. The molecule has 1 rings (SSSR count). The number of halogens is 2. The minimum absolute atomic E-state index is 0.105. The van der Waals surface area contributed by atoms with E-state index < -0.39 is 23.2 Å². The van der Waals surface area contributed by atoms with Crippen LogP contribution in [0.3, 0.4) is 0 Å². The largest absolute Gasteiger partial charge is 0.478 e. The molecule has 118 valence electrons. The topological polar surface area (TPSA) is 43.8 Å². The lowest BCUT2D eigenvalue weighted by Gasteiger charge is -2.28. The molecule has 0 aliphatic rings. The SMILES string of the molecule is CC(C)CN(CCN(C)C)c1ccc(C(=O)O)c(F)c1F. The predicted octanol–water partition coefficient (Wildman–Crippen LogP) is 2.69. The van der Waals surface area contributed by atoms with Gasteiger partial charge in [0.25, 0.3) is 0 Å². The van der Waals surface area contributed by atoms with E-state index in [-0.39, 0.29) is 11.6 Å². The molecule has 21 heavy (non-hydrogen) atoms. The second kappa shape index (κ2) is 7.36. The number of rotatable bonds is 7. The highest BCUT2D eigenvalue weighted by atomic mass is 19.2.